The van der Waals surface area contributed by atoms with Crippen molar-refractivity contribution in [3.63, 3.8) is 0 Å². The van der Waals surface area contributed by atoms with Crippen molar-refractivity contribution in [1.82, 2.24) is 0 Å². The Kier molecular flexibility index (Phi) is 6.08. The van der Waals surface area contributed by atoms with Gasteiger partial charge in [-0.15, -0.1) is 0 Å². The summed E-state index contributed by atoms with van der Waals surface area (Å²) in [5.41, 5.74) is 0.315. The van der Waals surface area contributed by atoms with Crippen molar-refractivity contribution in [2.24, 2.45) is 0 Å². The molecule has 0 N–H and O–H groups in total. The Morgan fingerprint density at radius 3 is 1.93 bits per heavy atom. The second-order valence-corrected chi connectivity index (χ2v) is 3.43. The van der Waals surface area contributed by atoms with Crippen LogP contribution in [-0.4, -0.2) is 28.4 Å². The molecule has 0 atom stereocenters. The van der Waals surface area contributed by atoms with Crippen LogP contribution in [0.25, 0.3) is 0 Å². The highest BCUT2D eigenvalue weighted by Crippen LogP contribution is 2.29. The zero-order valence-corrected chi connectivity index (χ0v) is 8.32. The predicted molar refractivity (Wildman–Crippen MR) is 57.5 cm³/mol. The molecule has 0 nitrogen and oxygen atoms in total. The summed E-state index contributed by atoms with van der Waals surface area (Å²) < 4.78 is 36.3. The Morgan fingerprint density at radius 1 is 1.07 bits per heavy atom. The summed E-state index contributed by atoms with van der Waals surface area (Å²) in [7, 11) is 0. The van der Waals surface area contributed by atoms with E-state index in [4.69, 9.17) is 0 Å². The molecule has 0 aliphatic heterocycles. The number of hydrogen-bond donors (Lipinski definition) is 0. The normalized spacial score (nSPS) is 10.9. The molecule has 14 heavy (non-hydrogen) atoms. The molecule has 0 aliphatic rings. The van der Waals surface area contributed by atoms with Crippen molar-refractivity contribution in [3.05, 3.63) is 35.4 Å². The highest BCUT2D eigenvalue weighted by molar-refractivity contribution is 9.09. The summed E-state index contributed by atoms with van der Waals surface area (Å²) in [5.74, 6) is 0. The first-order chi connectivity index (χ1) is 6.04. The van der Waals surface area contributed by atoms with Gasteiger partial charge in [-0.3, -0.25) is 0 Å². The first-order valence-corrected chi connectivity index (χ1v) is 4.88. The van der Waals surface area contributed by atoms with Crippen LogP contribution in [-0.2, 0) is 12.6 Å². The standard InChI is InChI=1S/C9H8BrF3.Mg.2H/c10-6-5-7-1-3-8(4-2-7)9(11,12)13;;;/h1-4H,5-6H2;;;. The predicted octanol–water partition coefficient (Wildman–Crippen LogP) is 2.73. The van der Waals surface area contributed by atoms with Gasteiger partial charge in [-0.1, -0.05) is 28.1 Å². The minimum Gasteiger partial charge on any atom is -0.166 e. The number of rotatable bonds is 2. The quantitative estimate of drug-likeness (QED) is 0.577. The second kappa shape index (κ2) is 5.97. The molecule has 0 fully saturated rings. The third-order valence-corrected chi connectivity index (χ3v) is 2.06. The molecule has 0 saturated heterocycles. The van der Waals surface area contributed by atoms with Crippen LogP contribution in [0, 0.1) is 0 Å². The molecule has 0 saturated carbocycles. The molecule has 0 heterocycles. The number of halogens is 4. The molecular weight excluding hydrogens is 269 g/mol. The Morgan fingerprint density at radius 2 is 1.57 bits per heavy atom. The summed E-state index contributed by atoms with van der Waals surface area (Å²) in [6, 6.07) is 5.23. The summed E-state index contributed by atoms with van der Waals surface area (Å²) in [6.45, 7) is 0. The highest BCUT2D eigenvalue weighted by atomic mass is 79.9. The van der Waals surface area contributed by atoms with Crippen LogP contribution in [0.1, 0.15) is 11.1 Å². The highest BCUT2D eigenvalue weighted by Gasteiger charge is 2.29. The minimum absolute atomic E-state index is 0. The molecule has 0 aromatic heterocycles. The molecule has 76 valence electrons. The number of benzene rings is 1. The Bertz CT molecular complexity index is 268. The molecule has 1 aromatic rings. The molecular formula is C9H10BrF3Mg. The first-order valence-electron chi connectivity index (χ1n) is 3.76. The lowest BCUT2D eigenvalue weighted by atomic mass is 10.1. The van der Waals surface area contributed by atoms with E-state index in [1.165, 1.54) is 12.1 Å². The van der Waals surface area contributed by atoms with E-state index in [0.29, 0.717) is 0 Å². The maximum atomic E-state index is 12.1. The van der Waals surface area contributed by atoms with Gasteiger partial charge in [0.25, 0.3) is 0 Å². The van der Waals surface area contributed by atoms with Gasteiger partial charge in [0.05, 0.1) is 5.56 Å². The van der Waals surface area contributed by atoms with Crippen molar-refractivity contribution < 1.29 is 13.2 Å². The monoisotopic (exact) mass is 278 g/mol. The molecule has 1 rings (SSSR count). The number of aryl methyl sites for hydroxylation is 1. The lowest BCUT2D eigenvalue weighted by molar-refractivity contribution is -0.137. The number of hydrogen-bond acceptors (Lipinski definition) is 0. The van der Waals surface area contributed by atoms with Gasteiger partial charge in [-0.2, -0.15) is 13.2 Å². The average Bonchev–Trinajstić information content (AvgIpc) is 2.04. The van der Waals surface area contributed by atoms with Gasteiger partial charge in [0.1, 0.15) is 0 Å². The van der Waals surface area contributed by atoms with Gasteiger partial charge in [-0.25, -0.2) is 0 Å². The summed E-state index contributed by atoms with van der Waals surface area (Å²) >= 11 is 3.22. The van der Waals surface area contributed by atoms with E-state index in [0.717, 1.165) is 29.4 Å². The molecule has 5 heteroatoms. The van der Waals surface area contributed by atoms with Crippen LogP contribution < -0.4 is 0 Å². The fourth-order valence-electron chi connectivity index (χ4n) is 0.970. The summed E-state index contributed by atoms with van der Waals surface area (Å²) in [6.07, 6.45) is -3.48. The molecule has 1 aromatic carbocycles. The Hall–Kier alpha value is 0.256. The van der Waals surface area contributed by atoms with E-state index in [-0.39, 0.29) is 23.1 Å². The fraction of sp³-hybridized carbons (Fsp3) is 0.333. The van der Waals surface area contributed by atoms with E-state index in [1.54, 1.807) is 0 Å². The van der Waals surface area contributed by atoms with Gasteiger partial charge >= 0.3 is 29.2 Å². The Balaban J connectivity index is 0.00000169. The van der Waals surface area contributed by atoms with E-state index in [2.05, 4.69) is 15.9 Å². The third-order valence-electron chi connectivity index (χ3n) is 1.66. The number of alkyl halides is 4. The topological polar surface area (TPSA) is 0 Å². The van der Waals surface area contributed by atoms with E-state index in [9.17, 15) is 13.2 Å². The lowest BCUT2D eigenvalue weighted by Gasteiger charge is -2.06. The van der Waals surface area contributed by atoms with Crippen LogP contribution in [0.5, 0.6) is 0 Å². The zero-order chi connectivity index (χ0) is 9.90. The van der Waals surface area contributed by atoms with Crippen molar-refractivity contribution in [2.45, 2.75) is 12.6 Å². The molecule has 0 radical (unpaired) electrons. The van der Waals surface area contributed by atoms with Crippen molar-refractivity contribution in [3.8, 4) is 0 Å². The van der Waals surface area contributed by atoms with Gasteiger partial charge in [0.15, 0.2) is 0 Å². The molecule has 0 amide bonds. The smallest absolute Gasteiger partial charge is 0.166 e. The van der Waals surface area contributed by atoms with Crippen LogP contribution in [0.15, 0.2) is 24.3 Å². The van der Waals surface area contributed by atoms with Gasteiger partial charge in [0.2, 0.25) is 0 Å². The van der Waals surface area contributed by atoms with Gasteiger partial charge in [0, 0.05) is 5.33 Å². The van der Waals surface area contributed by atoms with E-state index in [1.807, 2.05) is 0 Å². The van der Waals surface area contributed by atoms with Crippen LogP contribution in [0.2, 0.25) is 0 Å². The SMILES string of the molecule is FC(F)(F)c1ccc(CCBr)cc1.[MgH2]. The molecule has 0 aliphatic carbocycles. The minimum atomic E-state index is -4.23. The molecule has 0 spiro atoms. The maximum Gasteiger partial charge on any atom is 0.416 e. The van der Waals surface area contributed by atoms with Crippen LogP contribution in [0.3, 0.4) is 0 Å². The molecule has 0 unspecified atom stereocenters. The van der Waals surface area contributed by atoms with Crippen LogP contribution >= 0.6 is 15.9 Å². The summed E-state index contributed by atoms with van der Waals surface area (Å²) in [5, 5.41) is 0.762. The van der Waals surface area contributed by atoms with E-state index < -0.39 is 11.7 Å². The second-order valence-electron chi connectivity index (χ2n) is 2.63. The zero-order valence-electron chi connectivity index (χ0n) is 6.74. The third kappa shape index (κ3) is 4.19. The largest absolute Gasteiger partial charge is 0.416 e. The van der Waals surface area contributed by atoms with Crippen LogP contribution in [0.4, 0.5) is 13.2 Å². The maximum absolute atomic E-state index is 12.1. The van der Waals surface area contributed by atoms with Gasteiger partial charge < -0.3 is 0 Å². The Labute approximate surface area is 105 Å². The summed E-state index contributed by atoms with van der Waals surface area (Å²) in [4.78, 5) is 0. The fourth-order valence-corrected chi connectivity index (χ4v) is 1.43. The van der Waals surface area contributed by atoms with E-state index >= 15 is 0 Å². The lowest BCUT2D eigenvalue weighted by Crippen LogP contribution is -2.04. The molecule has 0 bridgehead atoms. The van der Waals surface area contributed by atoms with Crippen molar-refractivity contribution in [1.29, 1.82) is 0 Å². The van der Waals surface area contributed by atoms with Crippen molar-refractivity contribution >= 4 is 39.0 Å². The first kappa shape index (κ1) is 14.3. The average molecular weight is 279 g/mol. The van der Waals surface area contributed by atoms with Crippen molar-refractivity contribution in [2.75, 3.05) is 5.33 Å². The van der Waals surface area contributed by atoms with Gasteiger partial charge in [-0.05, 0) is 24.1 Å².